The van der Waals surface area contributed by atoms with Gasteiger partial charge in [-0.2, -0.15) is 0 Å². The van der Waals surface area contributed by atoms with Crippen molar-refractivity contribution in [2.75, 3.05) is 6.61 Å². The van der Waals surface area contributed by atoms with Crippen molar-refractivity contribution in [1.29, 1.82) is 0 Å². The van der Waals surface area contributed by atoms with Gasteiger partial charge in [-0.25, -0.2) is 4.79 Å². The molecule has 1 saturated heterocycles. The van der Waals surface area contributed by atoms with Crippen LogP contribution >= 0.6 is 0 Å². The van der Waals surface area contributed by atoms with Crippen molar-refractivity contribution >= 4 is 0 Å². The predicted octanol–water partition coefficient (Wildman–Crippen LogP) is -1.51. The molecule has 7 heteroatoms. The zero-order valence-electron chi connectivity index (χ0n) is 9.29. The number of aliphatic hydroxyl groups excluding tert-OH is 2. The summed E-state index contributed by atoms with van der Waals surface area (Å²) in [5.74, 6) is 0. The lowest BCUT2D eigenvalue weighted by atomic mass is 10.2. The van der Waals surface area contributed by atoms with Crippen molar-refractivity contribution in [1.82, 2.24) is 9.55 Å². The Morgan fingerprint density at radius 1 is 1.59 bits per heavy atom. The molecule has 2 heterocycles. The first-order valence-electron chi connectivity index (χ1n) is 5.29. The number of H-pyrrole nitrogens is 1. The van der Waals surface area contributed by atoms with Crippen LogP contribution in [0.5, 0.6) is 0 Å². The van der Waals surface area contributed by atoms with Gasteiger partial charge < -0.3 is 14.9 Å². The molecule has 1 fully saturated rings. The Labute approximate surface area is 96.3 Å². The molecular weight excluding hydrogens is 228 g/mol. The number of hydrogen-bond donors (Lipinski definition) is 3. The number of ether oxygens (including phenoxy) is 1. The number of aromatic amines is 1. The van der Waals surface area contributed by atoms with Crippen LogP contribution in [0.2, 0.25) is 0 Å². The highest BCUT2D eigenvalue weighted by Gasteiger charge is 2.34. The second-order valence-corrected chi connectivity index (χ2v) is 4.09. The molecular formula is C10H14N2O5. The van der Waals surface area contributed by atoms with E-state index in [4.69, 9.17) is 9.84 Å². The molecule has 3 N–H and O–H groups in total. The Hall–Kier alpha value is -1.44. The Kier molecular flexibility index (Phi) is 3.14. The molecule has 7 nitrogen and oxygen atoms in total. The SMILES string of the molecule is Cc1cn([C@@H]2C[C@@H](O)[C@@H](CO)O2)c(=O)[nH]c1=O. The largest absolute Gasteiger partial charge is 0.394 e. The van der Waals surface area contributed by atoms with Gasteiger partial charge >= 0.3 is 5.69 Å². The van der Waals surface area contributed by atoms with Crippen LogP contribution in [0.25, 0.3) is 0 Å². The van der Waals surface area contributed by atoms with Gasteiger partial charge in [-0.15, -0.1) is 0 Å². The van der Waals surface area contributed by atoms with Crippen LogP contribution in [0.3, 0.4) is 0 Å². The fraction of sp³-hybridized carbons (Fsp3) is 0.600. The number of hydrogen-bond acceptors (Lipinski definition) is 5. The first-order chi connectivity index (χ1) is 8.02. The van der Waals surface area contributed by atoms with Gasteiger partial charge in [0.1, 0.15) is 12.3 Å². The van der Waals surface area contributed by atoms with E-state index in [0.717, 1.165) is 0 Å². The molecule has 0 unspecified atom stereocenters. The molecule has 1 aromatic heterocycles. The van der Waals surface area contributed by atoms with Crippen molar-refractivity contribution in [3.8, 4) is 0 Å². The first kappa shape index (κ1) is 12.0. The number of rotatable bonds is 2. The van der Waals surface area contributed by atoms with E-state index in [1.165, 1.54) is 10.8 Å². The van der Waals surface area contributed by atoms with E-state index in [9.17, 15) is 14.7 Å². The lowest BCUT2D eigenvalue weighted by molar-refractivity contribution is -0.0459. The molecule has 0 aliphatic carbocycles. The van der Waals surface area contributed by atoms with Crippen molar-refractivity contribution in [3.05, 3.63) is 32.6 Å². The minimum absolute atomic E-state index is 0.205. The molecule has 0 bridgehead atoms. The van der Waals surface area contributed by atoms with Crippen LogP contribution in [0, 0.1) is 6.92 Å². The Morgan fingerprint density at radius 3 is 2.88 bits per heavy atom. The van der Waals surface area contributed by atoms with E-state index in [1.54, 1.807) is 6.92 Å². The lowest BCUT2D eigenvalue weighted by Gasteiger charge is -2.14. The molecule has 0 saturated carbocycles. The number of nitrogens with zero attached hydrogens (tertiary/aromatic N) is 1. The smallest absolute Gasteiger partial charge is 0.330 e. The Morgan fingerprint density at radius 2 is 2.29 bits per heavy atom. The minimum atomic E-state index is -0.816. The Bertz CT molecular complexity index is 520. The number of aromatic nitrogens is 2. The summed E-state index contributed by atoms with van der Waals surface area (Å²) in [7, 11) is 0. The van der Waals surface area contributed by atoms with E-state index in [1.807, 2.05) is 0 Å². The average Bonchev–Trinajstić information content (AvgIpc) is 2.65. The van der Waals surface area contributed by atoms with E-state index in [2.05, 4.69) is 4.98 Å². The molecule has 0 amide bonds. The summed E-state index contributed by atoms with van der Waals surface area (Å²) in [4.78, 5) is 24.9. The quantitative estimate of drug-likeness (QED) is 0.584. The highest BCUT2D eigenvalue weighted by Crippen LogP contribution is 2.27. The summed E-state index contributed by atoms with van der Waals surface area (Å²) in [6.45, 7) is 1.26. The molecule has 1 aliphatic rings. The van der Waals surface area contributed by atoms with Gasteiger partial charge in [0.05, 0.1) is 12.7 Å². The topological polar surface area (TPSA) is 105 Å². The Balaban J connectivity index is 2.34. The van der Waals surface area contributed by atoms with Crippen LogP contribution in [0.15, 0.2) is 15.8 Å². The molecule has 0 aromatic carbocycles. The minimum Gasteiger partial charge on any atom is -0.394 e. The highest BCUT2D eigenvalue weighted by atomic mass is 16.5. The summed E-state index contributed by atoms with van der Waals surface area (Å²) in [5.41, 5.74) is -0.643. The number of aryl methyl sites for hydroxylation is 1. The average molecular weight is 242 g/mol. The van der Waals surface area contributed by atoms with Gasteiger partial charge in [-0.3, -0.25) is 14.3 Å². The molecule has 1 aromatic rings. The number of aliphatic hydroxyl groups is 2. The second kappa shape index (κ2) is 4.44. The summed E-state index contributed by atoms with van der Waals surface area (Å²) in [6.07, 6.45) is -0.581. The van der Waals surface area contributed by atoms with Crippen molar-refractivity contribution in [2.24, 2.45) is 0 Å². The second-order valence-electron chi connectivity index (χ2n) is 4.09. The maximum Gasteiger partial charge on any atom is 0.330 e. The standard InChI is InChI=1S/C10H14N2O5/c1-5-3-12(10(16)11-9(5)15)8-2-6(14)7(4-13)17-8/h3,6-8,13-14H,2,4H2,1H3,(H,11,15,16)/t6-,7-,8+/m1/s1. The fourth-order valence-electron chi connectivity index (χ4n) is 1.85. The van der Waals surface area contributed by atoms with Crippen LogP contribution < -0.4 is 11.2 Å². The predicted molar refractivity (Wildman–Crippen MR) is 57.7 cm³/mol. The summed E-state index contributed by atoms with van der Waals surface area (Å²) < 4.78 is 6.54. The van der Waals surface area contributed by atoms with Crippen LogP contribution in [0.4, 0.5) is 0 Å². The van der Waals surface area contributed by atoms with Crippen LogP contribution in [0.1, 0.15) is 18.2 Å². The zero-order chi connectivity index (χ0) is 12.6. The third-order valence-corrected chi connectivity index (χ3v) is 2.84. The van der Waals surface area contributed by atoms with Crippen LogP contribution in [-0.4, -0.2) is 38.6 Å². The monoisotopic (exact) mass is 242 g/mol. The van der Waals surface area contributed by atoms with Gasteiger partial charge in [0, 0.05) is 18.2 Å². The van der Waals surface area contributed by atoms with Crippen LogP contribution in [-0.2, 0) is 4.74 Å². The maximum atomic E-state index is 11.6. The summed E-state index contributed by atoms with van der Waals surface area (Å²) in [6, 6.07) is 0. The van der Waals surface area contributed by atoms with Gasteiger partial charge in [-0.1, -0.05) is 0 Å². The molecule has 17 heavy (non-hydrogen) atoms. The maximum absolute atomic E-state index is 11.6. The van der Waals surface area contributed by atoms with Gasteiger partial charge in [-0.05, 0) is 6.92 Å². The zero-order valence-corrected chi connectivity index (χ0v) is 9.29. The first-order valence-corrected chi connectivity index (χ1v) is 5.29. The summed E-state index contributed by atoms with van der Waals surface area (Å²) >= 11 is 0. The molecule has 3 atom stereocenters. The van der Waals surface area contributed by atoms with E-state index in [-0.39, 0.29) is 13.0 Å². The molecule has 94 valence electrons. The van der Waals surface area contributed by atoms with E-state index < -0.39 is 29.7 Å². The summed E-state index contributed by atoms with van der Waals surface area (Å²) in [5, 5.41) is 18.5. The molecule has 1 aliphatic heterocycles. The lowest BCUT2D eigenvalue weighted by Crippen LogP contribution is -2.33. The molecule has 0 spiro atoms. The molecule has 0 radical (unpaired) electrons. The van der Waals surface area contributed by atoms with Crippen molar-refractivity contribution in [2.45, 2.75) is 31.8 Å². The third kappa shape index (κ3) is 2.17. The van der Waals surface area contributed by atoms with E-state index >= 15 is 0 Å². The van der Waals surface area contributed by atoms with Gasteiger partial charge in [0.15, 0.2) is 0 Å². The van der Waals surface area contributed by atoms with Crippen molar-refractivity contribution in [3.63, 3.8) is 0 Å². The van der Waals surface area contributed by atoms with E-state index in [0.29, 0.717) is 5.56 Å². The normalized spacial score (nSPS) is 28.5. The van der Waals surface area contributed by atoms with Gasteiger partial charge in [0.2, 0.25) is 0 Å². The molecule has 2 rings (SSSR count). The van der Waals surface area contributed by atoms with Gasteiger partial charge in [0.25, 0.3) is 5.56 Å². The third-order valence-electron chi connectivity index (χ3n) is 2.84. The van der Waals surface area contributed by atoms with Crippen molar-refractivity contribution < 1.29 is 14.9 Å². The fourth-order valence-corrected chi connectivity index (χ4v) is 1.85. The highest BCUT2D eigenvalue weighted by molar-refractivity contribution is 5.02. The number of nitrogens with one attached hydrogen (secondary N) is 1.